The van der Waals surface area contributed by atoms with E-state index >= 15 is 0 Å². The summed E-state index contributed by atoms with van der Waals surface area (Å²) in [6, 6.07) is 10.1. The molecule has 1 aliphatic carbocycles. The van der Waals surface area contributed by atoms with Crippen LogP contribution in [0.4, 0.5) is 0 Å². The zero-order valence-corrected chi connectivity index (χ0v) is 12.7. The number of carbonyl (C=O) groups excluding carboxylic acids is 1. The molecule has 21 heavy (non-hydrogen) atoms. The Kier molecular flexibility index (Phi) is 5.15. The monoisotopic (exact) mass is 280 g/mol. The Labute approximate surface area is 127 Å². The number of nitrogens with zero attached hydrogens (tertiary/aromatic N) is 1. The van der Waals surface area contributed by atoms with Gasteiger partial charge in [0.2, 0.25) is 5.91 Å². The van der Waals surface area contributed by atoms with Gasteiger partial charge in [-0.1, -0.05) is 66.8 Å². The lowest BCUT2D eigenvalue weighted by Gasteiger charge is -2.32. The van der Waals surface area contributed by atoms with E-state index in [1.165, 1.54) is 0 Å². The Morgan fingerprint density at radius 2 is 1.95 bits per heavy atom. The maximum Gasteiger partial charge on any atom is 0.233 e. The highest BCUT2D eigenvalue weighted by Gasteiger charge is 2.34. The van der Waals surface area contributed by atoms with Crippen LogP contribution in [0.15, 0.2) is 66.8 Å². The molecule has 0 fully saturated rings. The molecule has 109 valence electrons. The molecule has 0 heterocycles. The lowest BCUT2D eigenvalue weighted by Crippen LogP contribution is -2.41. The molecule has 0 aliphatic heterocycles. The van der Waals surface area contributed by atoms with Gasteiger partial charge in [-0.15, -0.1) is 0 Å². The zero-order valence-electron chi connectivity index (χ0n) is 12.7. The van der Waals surface area contributed by atoms with Crippen LogP contribution in [0.5, 0.6) is 0 Å². The van der Waals surface area contributed by atoms with Crippen molar-refractivity contribution >= 4 is 5.91 Å². The Morgan fingerprint density at radius 1 is 1.19 bits per heavy atom. The highest BCUT2D eigenvalue weighted by molar-refractivity contribution is 5.86. The van der Waals surface area contributed by atoms with Gasteiger partial charge in [0.1, 0.15) is 0 Å². The molecular formula is C19H22NO. The van der Waals surface area contributed by atoms with E-state index < -0.39 is 5.41 Å². The minimum Gasteiger partial charge on any atom is -0.334 e. The maximum absolute atomic E-state index is 12.9. The summed E-state index contributed by atoms with van der Waals surface area (Å²) >= 11 is 0. The minimum atomic E-state index is -0.550. The van der Waals surface area contributed by atoms with E-state index in [9.17, 15) is 4.79 Å². The quantitative estimate of drug-likeness (QED) is 0.748. The Hall–Kier alpha value is -2.09. The Bertz CT molecular complexity index is 556. The summed E-state index contributed by atoms with van der Waals surface area (Å²) in [4.78, 5) is 14.8. The van der Waals surface area contributed by atoms with E-state index in [-0.39, 0.29) is 5.91 Å². The molecule has 2 rings (SSSR count). The number of rotatable bonds is 5. The lowest BCUT2D eigenvalue weighted by atomic mass is 9.82. The standard InChI is InChI=1S/C19H22NO/c1-3-4-15-20(16-17-11-7-5-8-12-17)18(21)19(2)13-9-6-10-14-19/h3-14H,15-16H2,1-2H3/b4-3+. The summed E-state index contributed by atoms with van der Waals surface area (Å²) in [5, 5.41) is 0. The van der Waals surface area contributed by atoms with Gasteiger partial charge in [-0.25, -0.2) is 0 Å². The predicted molar refractivity (Wildman–Crippen MR) is 87.4 cm³/mol. The number of allylic oxidation sites excluding steroid dienone is 4. The van der Waals surface area contributed by atoms with Gasteiger partial charge in [0.05, 0.1) is 5.41 Å². The smallest absolute Gasteiger partial charge is 0.233 e. The van der Waals surface area contributed by atoms with Crippen LogP contribution >= 0.6 is 0 Å². The number of carbonyl (C=O) groups is 1. The summed E-state index contributed by atoms with van der Waals surface area (Å²) < 4.78 is 0. The fourth-order valence-electron chi connectivity index (χ4n) is 2.37. The fourth-order valence-corrected chi connectivity index (χ4v) is 2.37. The van der Waals surface area contributed by atoms with Crippen LogP contribution in [0.3, 0.4) is 0 Å². The van der Waals surface area contributed by atoms with Crippen molar-refractivity contribution in [2.24, 2.45) is 5.41 Å². The molecular weight excluding hydrogens is 258 g/mol. The van der Waals surface area contributed by atoms with Crippen LogP contribution < -0.4 is 0 Å². The highest BCUT2D eigenvalue weighted by Crippen LogP contribution is 2.29. The van der Waals surface area contributed by atoms with Crippen LogP contribution in [-0.2, 0) is 11.3 Å². The van der Waals surface area contributed by atoms with Gasteiger partial charge >= 0.3 is 0 Å². The summed E-state index contributed by atoms with van der Waals surface area (Å²) in [7, 11) is 0. The largest absolute Gasteiger partial charge is 0.334 e. The first-order valence-corrected chi connectivity index (χ1v) is 7.30. The third-order valence-corrected chi connectivity index (χ3v) is 3.63. The van der Waals surface area contributed by atoms with Crippen molar-refractivity contribution in [1.29, 1.82) is 0 Å². The molecule has 1 atom stereocenters. The van der Waals surface area contributed by atoms with Crippen LogP contribution in [0.25, 0.3) is 0 Å². The molecule has 1 aromatic carbocycles. The van der Waals surface area contributed by atoms with Crippen LogP contribution in [-0.4, -0.2) is 17.4 Å². The molecule has 1 unspecified atom stereocenters. The van der Waals surface area contributed by atoms with Gasteiger partial charge in [0.15, 0.2) is 0 Å². The molecule has 2 nitrogen and oxygen atoms in total. The number of amides is 1. The second-order valence-electron chi connectivity index (χ2n) is 5.43. The number of benzene rings is 1. The first-order chi connectivity index (χ1) is 10.2. The summed E-state index contributed by atoms with van der Waals surface area (Å²) in [5.41, 5.74) is 0.597. The highest BCUT2D eigenvalue weighted by atomic mass is 16.2. The zero-order chi connectivity index (χ0) is 15.1. The molecule has 0 N–H and O–H groups in total. The van der Waals surface area contributed by atoms with Gasteiger partial charge in [0, 0.05) is 19.5 Å². The first-order valence-electron chi connectivity index (χ1n) is 7.30. The summed E-state index contributed by atoms with van der Waals surface area (Å²) in [5.74, 6) is 0.130. The molecule has 1 radical (unpaired) electrons. The van der Waals surface area contributed by atoms with Crippen molar-refractivity contribution in [1.82, 2.24) is 4.90 Å². The van der Waals surface area contributed by atoms with Crippen molar-refractivity contribution in [2.45, 2.75) is 20.4 Å². The molecule has 0 saturated carbocycles. The van der Waals surface area contributed by atoms with Gasteiger partial charge < -0.3 is 4.90 Å². The fraction of sp³-hybridized carbons (Fsp3) is 0.263. The van der Waals surface area contributed by atoms with E-state index in [4.69, 9.17) is 0 Å². The minimum absolute atomic E-state index is 0.130. The average Bonchev–Trinajstić information content (AvgIpc) is 2.52. The van der Waals surface area contributed by atoms with Gasteiger partial charge in [-0.3, -0.25) is 4.79 Å². The summed E-state index contributed by atoms with van der Waals surface area (Å²) in [6.07, 6.45) is 13.7. The van der Waals surface area contributed by atoms with E-state index in [0.717, 1.165) is 5.56 Å². The van der Waals surface area contributed by atoms with E-state index in [0.29, 0.717) is 13.1 Å². The Morgan fingerprint density at radius 3 is 2.57 bits per heavy atom. The number of hydrogen-bond acceptors (Lipinski definition) is 1. The molecule has 2 heteroatoms. The average molecular weight is 280 g/mol. The molecule has 0 bridgehead atoms. The van der Waals surface area contributed by atoms with Crippen molar-refractivity contribution < 1.29 is 4.79 Å². The van der Waals surface area contributed by atoms with Crippen molar-refractivity contribution in [2.75, 3.05) is 6.54 Å². The predicted octanol–water partition coefficient (Wildman–Crippen LogP) is 3.93. The SMILES string of the molecule is C/C=C/CN(Cc1ccccc1)C(=O)C1(C)[CH]C=CC=C1. The van der Waals surface area contributed by atoms with E-state index in [1.54, 1.807) is 0 Å². The third kappa shape index (κ3) is 3.94. The normalized spacial score (nSPS) is 20.9. The van der Waals surface area contributed by atoms with E-state index in [2.05, 4.69) is 12.1 Å². The maximum atomic E-state index is 12.9. The van der Waals surface area contributed by atoms with Crippen molar-refractivity contribution in [3.63, 3.8) is 0 Å². The van der Waals surface area contributed by atoms with Crippen LogP contribution in [0.2, 0.25) is 0 Å². The van der Waals surface area contributed by atoms with Crippen molar-refractivity contribution in [3.8, 4) is 0 Å². The molecule has 1 aromatic rings. The van der Waals surface area contributed by atoms with Crippen LogP contribution in [0, 0.1) is 11.8 Å². The van der Waals surface area contributed by atoms with Crippen LogP contribution in [0.1, 0.15) is 19.4 Å². The molecule has 1 aliphatic rings. The second kappa shape index (κ2) is 7.07. The first kappa shape index (κ1) is 15.3. The molecule has 1 amide bonds. The molecule has 0 spiro atoms. The topological polar surface area (TPSA) is 20.3 Å². The molecule has 0 saturated heterocycles. The van der Waals surface area contributed by atoms with Gasteiger partial charge in [-0.05, 0) is 19.4 Å². The van der Waals surface area contributed by atoms with Gasteiger partial charge in [0.25, 0.3) is 0 Å². The van der Waals surface area contributed by atoms with E-state index in [1.807, 2.05) is 79.8 Å². The van der Waals surface area contributed by atoms with Gasteiger partial charge in [-0.2, -0.15) is 0 Å². The second-order valence-corrected chi connectivity index (χ2v) is 5.43. The Balaban J connectivity index is 2.17. The van der Waals surface area contributed by atoms with Crippen molar-refractivity contribution in [3.05, 3.63) is 78.8 Å². The molecule has 0 aromatic heterocycles. The third-order valence-electron chi connectivity index (χ3n) is 3.63. The lowest BCUT2D eigenvalue weighted by molar-refractivity contribution is -0.137. The summed E-state index contributed by atoms with van der Waals surface area (Å²) in [6.45, 7) is 5.20. The number of hydrogen-bond donors (Lipinski definition) is 0.